The summed E-state index contributed by atoms with van der Waals surface area (Å²) in [5.74, 6) is 1.26. The van der Waals surface area contributed by atoms with Crippen molar-refractivity contribution in [3.05, 3.63) is 59.2 Å². The number of halogens is 1. The molecule has 1 aromatic heterocycles. The zero-order valence-corrected chi connectivity index (χ0v) is 18.2. The summed E-state index contributed by atoms with van der Waals surface area (Å²) >= 11 is 7.66. The number of amides is 1. The number of aryl methyl sites for hydroxylation is 1. The number of benzene rings is 2. The van der Waals surface area contributed by atoms with Crippen molar-refractivity contribution >= 4 is 40.2 Å². The molecule has 2 aromatic carbocycles. The normalized spacial score (nSPS) is 11.6. The number of ether oxygens (including phenoxy) is 1. The molecule has 28 heavy (non-hydrogen) atoms. The van der Waals surface area contributed by atoms with Crippen LogP contribution in [0.2, 0.25) is 5.02 Å². The van der Waals surface area contributed by atoms with Gasteiger partial charge >= 0.3 is 0 Å². The van der Waals surface area contributed by atoms with Crippen molar-refractivity contribution in [2.24, 2.45) is 7.05 Å². The molecule has 0 spiro atoms. The molecule has 0 aliphatic heterocycles. The fraction of sp³-hybridized carbons (Fsp3) is 0.318. The standard InChI is InChI=1S/C22H25ClN2O2S/c1-15-20(18-7-5-6-8-19(18)25(15)4)28-14-13-24-21(26)22(2,3)27-17-11-9-16(23)10-12-17/h5-12H,13-14H2,1-4H3,(H,24,26). The molecule has 0 aliphatic carbocycles. The van der Waals surface area contributed by atoms with Crippen LogP contribution in [0.1, 0.15) is 19.5 Å². The Bertz CT molecular complexity index is 980. The van der Waals surface area contributed by atoms with Crippen molar-refractivity contribution in [2.75, 3.05) is 12.3 Å². The van der Waals surface area contributed by atoms with Crippen LogP contribution in [-0.4, -0.2) is 28.4 Å². The summed E-state index contributed by atoms with van der Waals surface area (Å²) < 4.78 is 8.04. The monoisotopic (exact) mass is 416 g/mol. The Morgan fingerprint density at radius 2 is 1.86 bits per heavy atom. The molecular formula is C22H25ClN2O2S. The number of nitrogens with zero attached hydrogens (tertiary/aromatic N) is 1. The minimum absolute atomic E-state index is 0.141. The van der Waals surface area contributed by atoms with E-state index in [9.17, 15) is 4.79 Å². The lowest BCUT2D eigenvalue weighted by molar-refractivity contribution is -0.134. The maximum absolute atomic E-state index is 12.6. The molecule has 3 rings (SSSR count). The highest BCUT2D eigenvalue weighted by Crippen LogP contribution is 2.33. The first kappa shape index (κ1) is 20.6. The third-order valence-electron chi connectivity index (χ3n) is 4.71. The van der Waals surface area contributed by atoms with Crippen molar-refractivity contribution in [1.29, 1.82) is 0 Å². The second-order valence-electron chi connectivity index (χ2n) is 7.16. The maximum Gasteiger partial charge on any atom is 0.263 e. The number of fused-ring (bicyclic) bond motifs is 1. The van der Waals surface area contributed by atoms with Gasteiger partial charge in [0.1, 0.15) is 5.75 Å². The van der Waals surface area contributed by atoms with Crippen LogP contribution in [0, 0.1) is 6.92 Å². The molecule has 0 saturated carbocycles. The average Bonchev–Trinajstić information content (AvgIpc) is 2.91. The molecule has 3 aromatic rings. The lowest BCUT2D eigenvalue weighted by atomic mass is 10.1. The molecule has 0 atom stereocenters. The molecule has 0 aliphatic rings. The number of hydrogen-bond acceptors (Lipinski definition) is 3. The SMILES string of the molecule is Cc1c(SCCNC(=O)C(C)(C)Oc2ccc(Cl)cc2)c2ccccc2n1C. The zero-order chi connectivity index (χ0) is 20.3. The fourth-order valence-corrected chi connectivity index (χ4v) is 4.25. The maximum atomic E-state index is 12.6. The second kappa shape index (κ2) is 8.50. The van der Waals surface area contributed by atoms with E-state index in [1.165, 1.54) is 21.5 Å². The van der Waals surface area contributed by atoms with Crippen molar-refractivity contribution in [2.45, 2.75) is 31.3 Å². The molecule has 6 heteroatoms. The van der Waals surface area contributed by atoms with Crippen LogP contribution in [-0.2, 0) is 11.8 Å². The van der Waals surface area contributed by atoms with E-state index in [0.717, 1.165) is 5.75 Å². The number of rotatable bonds is 7. The van der Waals surface area contributed by atoms with Crippen molar-refractivity contribution in [3.63, 3.8) is 0 Å². The fourth-order valence-electron chi connectivity index (χ4n) is 3.04. The van der Waals surface area contributed by atoms with Crippen LogP contribution in [0.4, 0.5) is 0 Å². The van der Waals surface area contributed by atoms with E-state index in [4.69, 9.17) is 16.3 Å². The van der Waals surface area contributed by atoms with Gasteiger partial charge in [-0.05, 0) is 51.1 Å². The number of carbonyl (C=O) groups is 1. The minimum atomic E-state index is -0.964. The van der Waals surface area contributed by atoms with E-state index >= 15 is 0 Å². The molecule has 148 valence electrons. The number of aromatic nitrogens is 1. The quantitative estimate of drug-likeness (QED) is 0.425. The smallest absolute Gasteiger partial charge is 0.263 e. The Morgan fingerprint density at radius 1 is 1.18 bits per heavy atom. The van der Waals surface area contributed by atoms with Crippen LogP contribution >= 0.6 is 23.4 Å². The van der Waals surface area contributed by atoms with Crippen LogP contribution in [0.3, 0.4) is 0 Å². The van der Waals surface area contributed by atoms with Crippen molar-refractivity contribution < 1.29 is 9.53 Å². The summed E-state index contributed by atoms with van der Waals surface area (Å²) in [6.07, 6.45) is 0. The Hall–Kier alpha value is -2.11. The predicted octanol–water partition coefficient (Wildman–Crippen LogP) is 5.21. The van der Waals surface area contributed by atoms with Crippen molar-refractivity contribution in [1.82, 2.24) is 9.88 Å². The molecule has 0 fully saturated rings. The first-order valence-corrected chi connectivity index (χ1v) is 10.6. The summed E-state index contributed by atoms with van der Waals surface area (Å²) in [5, 5.41) is 4.87. The van der Waals surface area contributed by atoms with Gasteiger partial charge in [0.2, 0.25) is 0 Å². The molecular weight excluding hydrogens is 392 g/mol. The van der Waals surface area contributed by atoms with Gasteiger partial charge in [-0.3, -0.25) is 4.79 Å². The number of hydrogen-bond donors (Lipinski definition) is 1. The molecule has 0 bridgehead atoms. The van der Waals surface area contributed by atoms with Crippen LogP contribution < -0.4 is 10.1 Å². The van der Waals surface area contributed by atoms with Crippen LogP contribution in [0.15, 0.2) is 53.4 Å². The van der Waals surface area contributed by atoms with Gasteiger partial charge in [-0.2, -0.15) is 0 Å². The lowest BCUT2D eigenvalue weighted by Gasteiger charge is -2.25. The van der Waals surface area contributed by atoms with Crippen LogP contribution in [0.25, 0.3) is 10.9 Å². The Morgan fingerprint density at radius 3 is 2.57 bits per heavy atom. The third-order valence-corrected chi connectivity index (χ3v) is 6.17. The van der Waals surface area contributed by atoms with Gasteiger partial charge in [-0.25, -0.2) is 0 Å². The van der Waals surface area contributed by atoms with Gasteiger partial charge in [0.25, 0.3) is 5.91 Å². The molecule has 0 radical (unpaired) electrons. The number of nitrogens with one attached hydrogen (secondary N) is 1. The minimum Gasteiger partial charge on any atom is -0.478 e. The zero-order valence-electron chi connectivity index (χ0n) is 16.6. The van der Waals surface area contributed by atoms with E-state index in [1.54, 1.807) is 49.9 Å². The third kappa shape index (κ3) is 4.47. The topological polar surface area (TPSA) is 43.3 Å². The van der Waals surface area contributed by atoms with Gasteiger partial charge in [0.15, 0.2) is 5.60 Å². The molecule has 1 heterocycles. The van der Waals surface area contributed by atoms with E-state index in [2.05, 4.69) is 48.1 Å². The Kier molecular flexibility index (Phi) is 6.26. The first-order chi connectivity index (χ1) is 13.3. The molecule has 0 saturated heterocycles. The summed E-state index contributed by atoms with van der Waals surface area (Å²) in [6.45, 7) is 6.22. The summed E-state index contributed by atoms with van der Waals surface area (Å²) in [7, 11) is 2.08. The second-order valence-corrected chi connectivity index (χ2v) is 8.70. The van der Waals surface area contributed by atoms with Crippen LogP contribution in [0.5, 0.6) is 5.75 Å². The van der Waals surface area contributed by atoms with Gasteiger partial charge in [-0.15, -0.1) is 11.8 Å². The Balaban J connectivity index is 1.55. The summed E-state index contributed by atoms with van der Waals surface area (Å²) in [4.78, 5) is 13.8. The molecule has 1 N–H and O–H groups in total. The van der Waals surface area contributed by atoms with Gasteiger partial charge < -0.3 is 14.6 Å². The largest absolute Gasteiger partial charge is 0.478 e. The highest BCUT2D eigenvalue weighted by molar-refractivity contribution is 7.99. The van der Waals surface area contributed by atoms with E-state index in [1.807, 2.05) is 0 Å². The number of para-hydroxylation sites is 1. The highest BCUT2D eigenvalue weighted by atomic mass is 35.5. The van der Waals surface area contributed by atoms with Gasteiger partial charge in [0, 0.05) is 45.9 Å². The molecule has 4 nitrogen and oxygen atoms in total. The van der Waals surface area contributed by atoms with Crippen molar-refractivity contribution in [3.8, 4) is 5.75 Å². The van der Waals surface area contributed by atoms with Gasteiger partial charge in [-0.1, -0.05) is 29.8 Å². The van der Waals surface area contributed by atoms with E-state index in [-0.39, 0.29) is 5.91 Å². The first-order valence-electron chi connectivity index (χ1n) is 9.19. The number of thioether (sulfide) groups is 1. The highest BCUT2D eigenvalue weighted by Gasteiger charge is 2.29. The Labute approximate surface area is 175 Å². The van der Waals surface area contributed by atoms with Gasteiger partial charge in [0.05, 0.1) is 0 Å². The molecule has 1 amide bonds. The summed E-state index contributed by atoms with van der Waals surface area (Å²) in [6, 6.07) is 15.4. The van der Waals surface area contributed by atoms with E-state index < -0.39 is 5.60 Å². The average molecular weight is 417 g/mol. The predicted molar refractivity (Wildman–Crippen MR) is 118 cm³/mol. The summed E-state index contributed by atoms with van der Waals surface area (Å²) in [5.41, 5.74) is 1.50. The number of carbonyl (C=O) groups excluding carboxylic acids is 1. The lowest BCUT2D eigenvalue weighted by Crippen LogP contribution is -2.47. The van der Waals surface area contributed by atoms with E-state index in [0.29, 0.717) is 17.3 Å². The molecule has 0 unspecified atom stereocenters.